The quantitative estimate of drug-likeness (QED) is 0.687. The van der Waals surface area contributed by atoms with Crippen molar-refractivity contribution >= 4 is 0 Å². The van der Waals surface area contributed by atoms with Crippen LogP contribution in [0.5, 0.6) is 0 Å². The summed E-state index contributed by atoms with van der Waals surface area (Å²) in [6, 6.07) is 0. The Hall–Kier alpha value is -0.870. The van der Waals surface area contributed by atoms with E-state index in [1.165, 1.54) is 18.7 Å². The van der Waals surface area contributed by atoms with Gasteiger partial charge in [0.15, 0.2) is 0 Å². The summed E-state index contributed by atoms with van der Waals surface area (Å²) in [5.74, 6) is 1.52. The molecule has 4 heteroatoms. The monoisotopic (exact) mass is 180 g/mol. The van der Waals surface area contributed by atoms with Crippen molar-refractivity contribution in [3.05, 3.63) is 17.7 Å². The number of hydrogen-bond acceptors (Lipinski definition) is 3. The Morgan fingerprint density at radius 1 is 1.77 bits per heavy atom. The Bertz CT molecular complexity index is 281. The Balaban J connectivity index is 2.08. The standard InChI is InChI=1S/C9H16N4/c1-13-3-2-7(6-13)8-5-11-9(4-10)12-8/h5,7H,2-4,6,10H2,1H3,(H,11,12). The van der Waals surface area contributed by atoms with E-state index in [0.29, 0.717) is 12.5 Å². The molecular weight excluding hydrogens is 164 g/mol. The SMILES string of the molecule is CN1CCC(c2cnc(CN)[nH]2)C1. The van der Waals surface area contributed by atoms with Gasteiger partial charge in [-0.15, -0.1) is 0 Å². The minimum absolute atomic E-state index is 0.503. The second-order valence-electron chi connectivity index (χ2n) is 3.74. The van der Waals surface area contributed by atoms with Gasteiger partial charge in [-0.2, -0.15) is 0 Å². The van der Waals surface area contributed by atoms with Gasteiger partial charge in [0.2, 0.25) is 0 Å². The number of aromatic amines is 1. The van der Waals surface area contributed by atoms with E-state index in [1.807, 2.05) is 6.20 Å². The van der Waals surface area contributed by atoms with E-state index < -0.39 is 0 Å². The Kier molecular flexibility index (Phi) is 2.33. The van der Waals surface area contributed by atoms with Crippen molar-refractivity contribution in [1.29, 1.82) is 0 Å². The highest BCUT2D eigenvalue weighted by Gasteiger charge is 2.22. The summed E-state index contributed by atoms with van der Waals surface area (Å²) in [4.78, 5) is 9.81. The van der Waals surface area contributed by atoms with Gasteiger partial charge in [0.05, 0.1) is 6.54 Å². The highest BCUT2D eigenvalue weighted by molar-refractivity contribution is 5.10. The molecule has 0 amide bonds. The predicted molar refractivity (Wildman–Crippen MR) is 51.3 cm³/mol. The molecule has 0 radical (unpaired) electrons. The van der Waals surface area contributed by atoms with Gasteiger partial charge in [-0.1, -0.05) is 0 Å². The molecule has 2 rings (SSSR count). The summed E-state index contributed by atoms with van der Waals surface area (Å²) in [5.41, 5.74) is 6.73. The first kappa shape index (κ1) is 8.72. The van der Waals surface area contributed by atoms with Gasteiger partial charge >= 0.3 is 0 Å². The van der Waals surface area contributed by atoms with E-state index in [2.05, 4.69) is 21.9 Å². The molecule has 1 unspecified atom stereocenters. The third-order valence-corrected chi connectivity index (χ3v) is 2.67. The van der Waals surface area contributed by atoms with E-state index in [-0.39, 0.29) is 0 Å². The number of nitrogens with one attached hydrogen (secondary N) is 1. The molecule has 1 aromatic heterocycles. The molecule has 1 saturated heterocycles. The molecule has 0 aliphatic carbocycles. The molecular formula is C9H16N4. The van der Waals surface area contributed by atoms with Gasteiger partial charge < -0.3 is 15.6 Å². The zero-order valence-corrected chi connectivity index (χ0v) is 7.95. The smallest absolute Gasteiger partial charge is 0.120 e. The zero-order valence-electron chi connectivity index (χ0n) is 7.95. The number of aromatic nitrogens is 2. The van der Waals surface area contributed by atoms with Crippen molar-refractivity contribution in [2.24, 2.45) is 5.73 Å². The van der Waals surface area contributed by atoms with Crippen LogP contribution < -0.4 is 5.73 Å². The van der Waals surface area contributed by atoms with Crippen LogP contribution in [0, 0.1) is 0 Å². The maximum Gasteiger partial charge on any atom is 0.120 e. The van der Waals surface area contributed by atoms with E-state index in [1.54, 1.807) is 0 Å². The molecule has 4 nitrogen and oxygen atoms in total. The minimum atomic E-state index is 0.503. The Labute approximate surface area is 78.1 Å². The van der Waals surface area contributed by atoms with Crippen molar-refractivity contribution in [2.75, 3.05) is 20.1 Å². The van der Waals surface area contributed by atoms with Crippen LogP contribution in [0.2, 0.25) is 0 Å². The molecule has 72 valence electrons. The van der Waals surface area contributed by atoms with Crippen molar-refractivity contribution < 1.29 is 0 Å². The first-order valence-corrected chi connectivity index (χ1v) is 4.72. The van der Waals surface area contributed by atoms with Crippen LogP contribution >= 0.6 is 0 Å². The van der Waals surface area contributed by atoms with Gasteiger partial charge in [-0.3, -0.25) is 0 Å². The number of imidazole rings is 1. The molecule has 1 atom stereocenters. The topological polar surface area (TPSA) is 57.9 Å². The maximum absolute atomic E-state index is 5.48. The van der Waals surface area contributed by atoms with Gasteiger partial charge in [-0.05, 0) is 20.0 Å². The van der Waals surface area contributed by atoms with Crippen molar-refractivity contribution in [3.8, 4) is 0 Å². The molecule has 2 heterocycles. The lowest BCUT2D eigenvalue weighted by molar-refractivity contribution is 0.411. The minimum Gasteiger partial charge on any atom is -0.345 e. The molecule has 0 saturated carbocycles. The van der Waals surface area contributed by atoms with Crippen LogP contribution in [-0.4, -0.2) is 35.0 Å². The highest BCUT2D eigenvalue weighted by atomic mass is 15.1. The molecule has 0 spiro atoms. The normalized spacial score (nSPS) is 24.0. The molecule has 1 aliphatic heterocycles. The number of likely N-dealkylation sites (tertiary alicyclic amines) is 1. The fraction of sp³-hybridized carbons (Fsp3) is 0.667. The van der Waals surface area contributed by atoms with Crippen LogP contribution in [0.1, 0.15) is 23.9 Å². The number of likely N-dealkylation sites (N-methyl/N-ethyl adjacent to an activating group) is 1. The third-order valence-electron chi connectivity index (χ3n) is 2.67. The highest BCUT2D eigenvalue weighted by Crippen LogP contribution is 2.24. The van der Waals surface area contributed by atoms with Crippen molar-refractivity contribution in [2.45, 2.75) is 18.9 Å². The summed E-state index contributed by atoms with van der Waals surface area (Å²) >= 11 is 0. The fourth-order valence-corrected chi connectivity index (χ4v) is 1.88. The zero-order chi connectivity index (χ0) is 9.26. The molecule has 1 aliphatic rings. The maximum atomic E-state index is 5.48. The summed E-state index contributed by atoms with van der Waals surface area (Å²) in [6.45, 7) is 2.82. The number of hydrogen-bond donors (Lipinski definition) is 2. The van der Waals surface area contributed by atoms with E-state index in [4.69, 9.17) is 5.73 Å². The summed E-state index contributed by atoms with van der Waals surface area (Å²) in [5, 5.41) is 0. The summed E-state index contributed by atoms with van der Waals surface area (Å²) in [6.07, 6.45) is 3.15. The van der Waals surface area contributed by atoms with Gasteiger partial charge in [0.25, 0.3) is 0 Å². The third kappa shape index (κ3) is 1.73. The van der Waals surface area contributed by atoms with E-state index in [9.17, 15) is 0 Å². The van der Waals surface area contributed by atoms with Crippen LogP contribution in [-0.2, 0) is 6.54 Å². The number of nitrogens with two attached hydrogens (primary N) is 1. The van der Waals surface area contributed by atoms with Gasteiger partial charge in [0, 0.05) is 24.4 Å². The molecule has 0 bridgehead atoms. The van der Waals surface area contributed by atoms with Crippen LogP contribution in [0.25, 0.3) is 0 Å². The molecule has 1 aromatic rings. The van der Waals surface area contributed by atoms with Crippen molar-refractivity contribution in [1.82, 2.24) is 14.9 Å². The average Bonchev–Trinajstić information content (AvgIpc) is 2.71. The fourth-order valence-electron chi connectivity index (χ4n) is 1.88. The van der Waals surface area contributed by atoms with Gasteiger partial charge in [-0.25, -0.2) is 4.98 Å². The Morgan fingerprint density at radius 2 is 2.62 bits per heavy atom. The van der Waals surface area contributed by atoms with Crippen molar-refractivity contribution in [3.63, 3.8) is 0 Å². The number of H-pyrrole nitrogens is 1. The summed E-state index contributed by atoms with van der Waals surface area (Å²) < 4.78 is 0. The van der Waals surface area contributed by atoms with Crippen LogP contribution in [0.15, 0.2) is 6.20 Å². The molecule has 0 aromatic carbocycles. The average molecular weight is 180 g/mol. The first-order valence-electron chi connectivity index (χ1n) is 4.72. The first-order chi connectivity index (χ1) is 6.29. The van der Waals surface area contributed by atoms with Crippen LogP contribution in [0.4, 0.5) is 0 Å². The molecule has 3 N–H and O–H groups in total. The summed E-state index contributed by atoms with van der Waals surface area (Å²) in [7, 11) is 2.15. The lowest BCUT2D eigenvalue weighted by atomic mass is 10.1. The predicted octanol–water partition coefficient (Wildman–Crippen LogP) is 0.288. The molecule has 1 fully saturated rings. The lowest BCUT2D eigenvalue weighted by Gasteiger charge is -2.07. The number of nitrogens with zero attached hydrogens (tertiary/aromatic N) is 2. The second-order valence-corrected chi connectivity index (χ2v) is 3.74. The second kappa shape index (κ2) is 3.47. The van der Waals surface area contributed by atoms with E-state index >= 15 is 0 Å². The molecule has 13 heavy (non-hydrogen) atoms. The number of rotatable bonds is 2. The van der Waals surface area contributed by atoms with Crippen LogP contribution in [0.3, 0.4) is 0 Å². The lowest BCUT2D eigenvalue weighted by Crippen LogP contribution is -2.13. The Morgan fingerprint density at radius 3 is 3.15 bits per heavy atom. The van der Waals surface area contributed by atoms with E-state index in [0.717, 1.165) is 12.4 Å². The van der Waals surface area contributed by atoms with Gasteiger partial charge in [0.1, 0.15) is 5.82 Å². The largest absolute Gasteiger partial charge is 0.345 e.